The number of rotatable bonds is 7. The minimum atomic E-state index is -0.683. The Hall–Kier alpha value is -3.07. The summed E-state index contributed by atoms with van der Waals surface area (Å²) in [6, 6.07) is 7.91. The predicted octanol–water partition coefficient (Wildman–Crippen LogP) is 1.58. The smallest absolute Gasteiger partial charge is 0.280 e. The summed E-state index contributed by atoms with van der Waals surface area (Å²) in [4.78, 5) is 19.6. The minimum Gasteiger partial charge on any atom is -0.497 e. The maximum atomic E-state index is 12.1. The third-order valence-electron chi connectivity index (χ3n) is 3.71. The number of guanidine groups is 1. The molecule has 7 N–H and O–H groups in total. The van der Waals surface area contributed by atoms with Crippen LogP contribution in [0.4, 0.5) is 11.6 Å². The molecular formula is C17H22ClN7O2. The number of carbonyl (C=O) groups is 1. The highest BCUT2D eigenvalue weighted by Crippen LogP contribution is 2.17. The molecule has 0 spiro atoms. The van der Waals surface area contributed by atoms with Gasteiger partial charge >= 0.3 is 0 Å². The normalized spacial score (nSPS) is 10.3. The summed E-state index contributed by atoms with van der Waals surface area (Å²) in [7, 11) is 1.64. The highest BCUT2D eigenvalue weighted by atomic mass is 35.5. The Morgan fingerprint density at radius 3 is 2.56 bits per heavy atom. The van der Waals surface area contributed by atoms with Gasteiger partial charge in [-0.25, -0.2) is 9.97 Å². The molecule has 0 saturated heterocycles. The number of anilines is 2. The lowest BCUT2D eigenvalue weighted by atomic mass is 10.1. The van der Waals surface area contributed by atoms with Gasteiger partial charge in [0, 0.05) is 6.54 Å². The van der Waals surface area contributed by atoms with E-state index in [0.29, 0.717) is 6.54 Å². The zero-order valence-corrected chi connectivity index (χ0v) is 15.6. The Bertz CT molecular complexity index is 812. The van der Waals surface area contributed by atoms with Gasteiger partial charge in [-0.3, -0.25) is 15.5 Å². The maximum Gasteiger partial charge on any atom is 0.280 e. The van der Waals surface area contributed by atoms with E-state index in [4.69, 9.17) is 33.2 Å². The molecule has 0 radical (unpaired) electrons. The van der Waals surface area contributed by atoms with E-state index >= 15 is 0 Å². The standard InChI is InChI=1S/C17H22ClN7O2/c1-27-11-7-5-10(6-8-11)4-2-3-9-22-17(21)25-16(26)12-14(19)24-15(20)13(18)23-12/h5-8H,2-4,9H2,1H3,(H4,19,20,24)(H3,21,22,25,26). The Morgan fingerprint density at radius 2 is 1.89 bits per heavy atom. The largest absolute Gasteiger partial charge is 0.497 e. The van der Waals surface area contributed by atoms with Crippen LogP contribution in [-0.2, 0) is 6.42 Å². The van der Waals surface area contributed by atoms with Gasteiger partial charge in [-0.15, -0.1) is 0 Å². The van der Waals surface area contributed by atoms with Crippen LogP contribution in [-0.4, -0.2) is 35.5 Å². The molecule has 1 aromatic carbocycles. The first-order valence-corrected chi connectivity index (χ1v) is 8.63. The van der Waals surface area contributed by atoms with Gasteiger partial charge < -0.3 is 21.5 Å². The van der Waals surface area contributed by atoms with E-state index in [1.807, 2.05) is 24.3 Å². The molecule has 1 aromatic heterocycles. The fourth-order valence-electron chi connectivity index (χ4n) is 2.29. The van der Waals surface area contributed by atoms with Crippen molar-refractivity contribution in [1.82, 2.24) is 20.6 Å². The highest BCUT2D eigenvalue weighted by molar-refractivity contribution is 6.31. The van der Waals surface area contributed by atoms with Crippen molar-refractivity contribution in [3.63, 3.8) is 0 Å². The molecule has 0 aliphatic rings. The Balaban J connectivity index is 1.71. The summed E-state index contributed by atoms with van der Waals surface area (Å²) >= 11 is 5.74. The fraction of sp³-hybridized carbons (Fsp3) is 0.294. The van der Waals surface area contributed by atoms with Crippen LogP contribution < -0.4 is 26.8 Å². The monoisotopic (exact) mass is 391 g/mol. The van der Waals surface area contributed by atoms with Gasteiger partial charge in [-0.2, -0.15) is 0 Å². The van der Waals surface area contributed by atoms with Gasteiger partial charge in [-0.05, 0) is 37.0 Å². The van der Waals surface area contributed by atoms with E-state index in [2.05, 4.69) is 20.6 Å². The van der Waals surface area contributed by atoms with E-state index < -0.39 is 5.91 Å². The number of halogens is 1. The summed E-state index contributed by atoms with van der Waals surface area (Å²) in [5, 5.41) is 12.8. The Kier molecular flexibility index (Phi) is 7.18. The topological polar surface area (TPSA) is 152 Å². The van der Waals surface area contributed by atoms with Crippen LogP contribution in [0.3, 0.4) is 0 Å². The number of hydrogen-bond donors (Lipinski definition) is 5. The van der Waals surface area contributed by atoms with E-state index in [1.165, 1.54) is 5.56 Å². The molecule has 9 nitrogen and oxygen atoms in total. The zero-order chi connectivity index (χ0) is 19.8. The quantitative estimate of drug-likeness (QED) is 0.273. The number of nitrogens with zero attached hydrogens (tertiary/aromatic N) is 2. The Labute approximate surface area is 162 Å². The Morgan fingerprint density at radius 1 is 1.19 bits per heavy atom. The van der Waals surface area contributed by atoms with Crippen molar-refractivity contribution in [2.24, 2.45) is 0 Å². The van der Waals surface area contributed by atoms with E-state index in [9.17, 15) is 4.79 Å². The number of methoxy groups -OCH3 is 1. The highest BCUT2D eigenvalue weighted by Gasteiger charge is 2.16. The number of carbonyl (C=O) groups excluding carboxylic acids is 1. The van der Waals surface area contributed by atoms with Crippen LogP contribution >= 0.6 is 11.6 Å². The van der Waals surface area contributed by atoms with Gasteiger partial charge in [0.25, 0.3) is 5.91 Å². The van der Waals surface area contributed by atoms with Crippen molar-refractivity contribution in [2.45, 2.75) is 19.3 Å². The molecular weight excluding hydrogens is 370 g/mol. The molecule has 144 valence electrons. The number of aromatic nitrogens is 2. The summed E-state index contributed by atoms with van der Waals surface area (Å²) in [5.41, 5.74) is 12.1. The second-order valence-electron chi connectivity index (χ2n) is 5.69. The van der Waals surface area contributed by atoms with Gasteiger partial charge in [0.05, 0.1) is 7.11 Å². The average Bonchev–Trinajstić information content (AvgIpc) is 2.64. The molecule has 0 saturated carbocycles. The van der Waals surface area contributed by atoms with E-state index in [1.54, 1.807) is 7.11 Å². The van der Waals surface area contributed by atoms with Gasteiger partial charge in [0.1, 0.15) is 5.75 Å². The maximum absolute atomic E-state index is 12.1. The molecule has 10 heteroatoms. The first-order valence-electron chi connectivity index (χ1n) is 8.26. The number of amides is 1. The second kappa shape index (κ2) is 9.58. The number of unbranched alkanes of at least 4 members (excludes halogenated alkanes) is 1. The van der Waals surface area contributed by atoms with Gasteiger partial charge in [0.15, 0.2) is 28.4 Å². The number of aryl methyl sites for hydroxylation is 1. The molecule has 0 bridgehead atoms. The van der Waals surface area contributed by atoms with Crippen LogP contribution in [0, 0.1) is 5.41 Å². The molecule has 2 aromatic rings. The first kappa shape index (κ1) is 20.2. The van der Waals surface area contributed by atoms with Crippen molar-refractivity contribution >= 4 is 35.1 Å². The van der Waals surface area contributed by atoms with Crippen molar-refractivity contribution in [1.29, 1.82) is 5.41 Å². The summed E-state index contributed by atoms with van der Waals surface area (Å²) in [6.07, 6.45) is 2.69. The fourth-order valence-corrected chi connectivity index (χ4v) is 2.41. The molecule has 2 rings (SSSR count). The number of nitrogen functional groups attached to an aromatic ring is 2. The molecule has 0 aliphatic heterocycles. The third-order valence-corrected chi connectivity index (χ3v) is 3.99. The molecule has 1 heterocycles. The van der Waals surface area contributed by atoms with Crippen molar-refractivity contribution < 1.29 is 9.53 Å². The third kappa shape index (κ3) is 6.00. The van der Waals surface area contributed by atoms with Crippen molar-refractivity contribution in [2.75, 3.05) is 25.1 Å². The van der Waals surface area contributed by atoms with Crippen LogP contribution in [0.15, 0.2) is 24.3 Å². The predicted molar refractivity (Wildman–Crippen MR) is 105 cm³/mol. The summed E-state index contributed by atoms with van der Waals surface area (Å²) in [6.45, 7) is 0.541. The zero-order valence-electron chi connectivity index (χ0n) is 14.9. The second-order valence-corrected chi connectivity index (χ2v) is 6.05. The lowest BCUT2D eigenvalue weighted by molar-refractivity contribution is 0.0971. The van der Waals surface area contributed by atoms with Crippen molar-refractivity contribution in [3.8, 4) is 5.75 Å². The molecule has 0 unspecified atom stereocenters. The summed E-state index contributed by atoms with van der Waals surface area (Å²) < 4.78 is 5.12. The van der Waals surface area contributed by atoms with E-state index in [0.717, 1.165) is 25.0 Å². The number of hydrogen-bond acceptors (Lipinski definition) is 7. The van der Waals surface area contributed by atoms with E-state index in [-0.39, 0.29) is 28.4 Å². The summed E-state index contributed by atoms with van der Waals surface area (Å²) in [5.74, 6) is -0.217. The molecule has 0 aliphatic carbocycles. The average molecular weight is 392 g/mol. The lowest BCUT2D eigenvalue weighted by Crippen LogP contribution is -2.41. The SMILES string of the molecule is COc1ccc(CCCCNC(=N)NC(=O)c2nc(Cl)c(N)nc2N)cc1. The van der Waals surface area contributed by atoms with Crippen LogP contribution in [0.1, 0.15) is 28.9 Å². The minimum absolute atomic E-state index is 0.0595. The molecule has 27 heavy (non-hydrogen) atoms. The number of nitrogens with one attached hydrogen (secondary N) is 3. The van der Waals surface area contributed by atoms with Gasteiger partial charge in [-0.1, -0.05) is 23.7 Å². The molecule has 0 atom stereocenters. The van der Waals surface area contributed by atoms with Crippen molar-refractivity contribution in [3.05, 3.63) is 40.7 Å². The van der Waals surface area contributed by atoms with Gasteiger partial charge in [0.2, 0.25) is 0 Å². The number of benzene rings is 1. The van der Waals surface area contributed by atoms with Crippen LogP contribution in [0.25, 0.3) is 0 Å². The number of nitrogens with two attached hydrogens (primary N) is 2. The first-order chi connectivity index (χ1) is 12.9. The lowest BCUT2D eigenvalue weighted by Gasteiger charge is -2.10. The number of ether oxygens (including phenoxy) is 1. The molecule has 0 fully saturated rings. The van der Waals surface area contributed by atoms with Crippen LogP contribution in [0.2, 0.25) is 5.15 Å². The van der Waals surface area contributed by atoms with Crippen LogP contribution in [0.5, 0.6) is 5.75 Å². The molecule has 1 amide bonds.